The molecule has 1 rings (SSSR count). The van der Waals surface area contributed by atoms with E-state index in [2.05, 4.69) is 5.32 Å². The highest BCUT2D eigenvalue weighted by molar-refractivity contribution is 6.01. The first-order chi connectivity index (χ1) is 8.36. The van der Waals surface area contributed by atoms with Crippen molar-refractivity contribution in [2.24, 2.45) is 5.73 Å². The normalized spacial score (nSPS) is 12.0. The lowest BCUT2D eigenvalue weighted by atomic mass is 9.93. The SMILES string of the molecule is CNC(=O)c1cc(C)cc(C(N)=O)c1CC(C)O. The van der Waals surface area contributed by atoms with Crippen molar-refractivity contribution in [1.82, 2.24) is 5.32 Å². The number of nitrogens with two attached hydrogens (primary N) is 1. The van der Waals surface area contributed by atoms with Gasteiger partial charge in [-0.25, -0.2) is 0 Å². The maximum absolute atomic E-state index is 11.8. The number of rotatable bonds is 4. The third-order valence-corrected chi connectivity index (χ3v) is 2.63. The van der Waals surface area contributed by atoms with Crippen LogP contribution in [0.3, 0.4) is 0 Å². The summed E-state index contributed by atoms with van der Waals surface area (Å²) >= 11 is 0. The van der Waals surface area contributed by atoms with Gasteiger partial charge in [0.15, 0.2) is 0 Å². The third kappa shape index (κ3) is 3.07. The number of benzene rings is 1. The lowest BCUT2D eigenvalue weighted by Gasteiger charge is -2.15. The summed E-state index contributed by atoms with van der Waals surface area (Å²) in [5.74, 6) is -0.892. The zero-order valence-corrected chi connectivity index (χ0v) is 10.8. The van der Waals surface area contributed by atoms with Gasteiger partial charge in [-0.1, -0.05) is 0 Å². The summed E-state index contributed by atoms with van der Waals surface area (Å²) < 4.78 is 0. The van der Waals surface area contributed by atoms with Crippen LogP contribution in [0.25, 0.3) is 0 Å². The molecule has 0 bridgehead atoms. The highest BCUT2D eigenvalue weighted by atomic mass is 16.3. The number of aryl methyl sites for hydroxylation is 1. The Bertz CT molecular complexity index is 481. The minimum absolute atomic E-state index is 0.210. The highest BCUT2D eigenvalue weighted by Gasteiger charge is 2.19. The molecule has 0 heterocycles. The van der Waals surface area contributed by atoms with Crippen molar-refractivity contribution in [2.45, 2.75) is 26.4 Å². The molecule has 1 unspecified atom stereocenters. The fourth-order valence-corrected chi connectivity index (χ4v) is 1.89. The Balaban J connectivity index is 3.47. The third-order valence-electron chi connectivity index (χ3n) is 2.63. The molecule has 18 heavy (non-hydrogen) atoms. The van der Waals surface area contributed by atoms with E-state index >= 15 is 0 Å². The summed E-state index contributed by atoms with van der Waals surface area (Å²) in [6.45, 7) is 3.38. The van der Waals surface area contributed by atoms with Crippen molar-refractivity contribution in [1.29, 1.82) is 0 Å². The molecule has 0 spiro atoms. The monoisotopic (exact) mass is 250 g/mol. The second kappa shape index (κ2) is 5.64. The van der Waals surface area contributed by atoms with Crippen LogP contribution < -0.4 is 11.1 Å². The fourth-order valence-electron chi connectivity index (χ4n) is 1.89. The van der Waals surface area contributed by atoms with Crippen molar-refractivity contribution < 1.29 is 14.7 Å². The molecule has 0 fully saturated rings. The van der Waals surface area contributed by atoms with Gasteiger partial charge in [-0.05, 0) is 43.5 Å². The number of nitrogens with one attached hydrogen (secondary N) is 1. The van der Waals surface area contributed by atoms with Crippen LogP contribution >= 0.6 is 0 Å². The molecular formula is C13H18N2O3. The molecule has 1 aromatic rings. The second-order valence-corrected chi connectivity index (χ2v) is 4.34. The second-order valence-electron chi connectivity index (χ2n) is 4.34. The largest absolute Gasteiger partial charge is 0.393 e. The molecule has 5 heteroatoms. The van der Waals surface area contributed by atoms with Crippen molar-refractivity contribution in [2.75, 3.05) is 7.05 Å². The molecule has 0 saturated heterocycles. The molecule has 98 valence electrons. The van der Waals surface area contributed by atoms with Crippen molar-refractivity contribution in [3.63, 3.8) is 0 Å². The summed E-state index contributed by atoms with van der Waals surface area (Å²) in [7, 11) is 1.51. The predicted molar refractivity (Wildman–Crippen MR) is 68.5 cm³/mol. The molecule has 2 amide bonds. The van der Waals surface area contributed by atoms with Crippen LogP contribution in [0.1, 0.15) is 38.8 Å². The van der Waals surface area contributed by atoms with E-state index in [1.807, 2.05) is 0 Å². The van der Waals surface area contributed by atoms with E-state index in [1.54, 1.807) is 26.0 Å². The topological polar surface area (TPSA) is 92.4 Å². The van der Waals surface area contributed by atoms with Gasteiger partial charge in [-0.2, -0.15) is 0 Å². The smallest absolute Gasteiger partial charge is 0.251 e. The fraction of sp³-hybridized carbons (Fsp3) is 0.385. The van der Waals surface area contributed by atoms with E-state index in [4.69, 9.17) is 5.73 Å². The van der Waals surface area contributed by atoms with Crippen molar-refractivity contribution >= 4 is 11.8 Å². The van der Waals surface area contributed by atoms with Crippen LogP contribution in [0.4, 0.5) is 0 Å². The Morgan fingerprint density at radius 1 is 1.39 bits per heavy atom. The van der Waals surface area contributed by atoms with Gasteiger partial charge in [-0.3, -0.25) is 9.59 Å². The van der Waals surface area contributed by atoms with Gasteiger partial charge >= 0.3 is 0 Å². The lowest BCUT2D eigenvalue weighted by Crippen LogP contribution is -2.24. The number of primary amides is 1. The van der Waals surface area contributed by atoms with E-state index in [0.29, 0.717) is 11.1 Å². The molecule has 0 saturated carbocycles. The maximum atomic E-state index is 11.8. The number of hydrogen-bond acceptors (Lipinski definition) is 3. The average Bonchev–Trinajstić information content (AvgIpc) is 2.28. The summed E-state index contributed by atoms with van der Waals surface area (Å²) in [5.41, 5.74) is 7.25. The molecule has 1 atom stereocenters. The molecule has 0 aliphatic heterocycles. The van der Waals surface area contributed by atoms with Crippen LogP contribution in [0.15, 0.2) is 12.1 Å². The van der Waals surface area contributed by atoms with E-state index < -0.39 is 12.0 Å². The van der Waals surface area contributed by atoms with Crippen molar-refractivity contribution in [3.8, 4) is 0 Å². The Hall–Kier alpha value is -1.88. The maximum Gasteiger partial charge on any atom is 0.251 e. The minimum atomic E-state index is -0.658. The Labute approximate surface area is 106 Å². The minimum Gasteiger partial charge on any atom is -0.393 e. The number of aliphatic hydroxyl groups excluding tert-OH is 1. The van der Waals surface area contributed by atoms with Crippen LogP contribution in [0.5, 0.6) is 0 Å². The number of aliphatic hydroxyl groups is 1. The zero-order chi connectivity index (χ0) is 13.9. The number of hydrogen-bond donors (Lipinski definition) is 3. The quantitative estimate of drug-likeness (QED) is 0.721. The van der Waals surface area contributed by atoms with E-state index in [-0.39, 0.29) is 17.9 Å². The van der Waals surface area contributed by atoms with Gasteiger partial charge in [0.05, 0.1) is 6.10 Å². The van der Waals surface area contributed by atoms with Crippen LogP contribution in [0, 0.1) is 6.92 Å². The number of carbonyl (C=O) groups excluding carboxylic acids is 2. The van der Waals surface area contributed by atoms with Gasteiger partial charge < -0.3 is 16.2 Å². The van der Waals surface area contributed by atoms with Crippen LogP contribution in [-0.2, 0) is 6.42 Å². The summed E-state index contributed by atoms with van der Waals surface area (Å²) in [6.07, 6.45) is -0.449. The van der Waals surface area contributed by atoms with Gasteiger partial charge in [0.2, 0.25) is 5.91 Å². The van der Waals surface area contributed by atoms with Gasteiger partial charge in [0, 0.05) is 18.2 Å². The summed E-state index contributed by atoms with van der Waals surface area (Å²) in [5, 5.41) is 12.0. The molecule has 0 aromatic heterocycles. The first-order valence-electron chi connectivity index (χ1n) is 5.70. The zero-order valence-electron chi connectivity index (χ0n) is 10.8. The molecule has 4 N–H and O–H groups in total. The average molecular weight is 250 g/mol. The van der Waals surface area contributed by atoms with Crippen LogP contribution in [0.2, 0.25) is 0 Å². The highest BCUT2D eigenvalue weighted by Crippen LogP contribution is 2.19. The first kappa shape index (κ1) is 14.2. The molecule has 0 radical (unpaired) electrons. The van der Waals surface area contributed by atoms with Gasteiger partial charge in [0.25, 0.3) is 5.91 Å². The molecule has 0 aliphatic carbocycles. The van der Waals surface area contributed by atoms with Crippen molar-refractivity contribution in [3.05, 3.63) is 34.4 Å². The predicted octanol–water partition coefficient (Wildman–Crippen LogP) is 0.377. The Kier molecular flexibility index (Phi) is 4.44. The number of amides is 2. The Morgan fingerprint density at radius 2 is 1.94 bits per heavy atom. The molecule has 0 aliphatic rings. The molecule has 1 aromatic carbocycles. The van der Waals surface area contributed by atoms with Gasteiger partial charge in [-0.15, -0.1) is 0 Å². The molecular weight excluding hydrogens is 232 g/mol. The summed E-state index contributed by atoms with van der Waals surface area (Å²) in [4.78, 5) is 23.2. The Morgan fingerprint density at radius 3 is 2.39 bits per heavy atom. The van der Waals surface area contributed by atoms with E-state index in [0.717, 1.165) is 5.56 Å². The van der Waals surface area contributed by atoms with E-state index in [1.165, 1.54) is 7.05 Å². The van der Waals surface area contributed by atoms with E-state index in [9.17, 15) is 14.7 Å². The van der Waals surface area contributed by atoms with Gasteiger partial charge in [0.1, 0.15) is 0 Å². The molecule has 5 nitrogen and oxygen atoms in total. The lowest BCUT2D eigenvalue weighted by molar-refractivity contribution is 0.0961. The standard InChI is InChI=1S/C13H18N2O3/c1-7-4-10(12(14)17)9(6-8(2)16)11(5-7)13(18)15-3/h4-5,8,16H,6H2,1-3H3,(H2,14,17)(H,15,18). The first-order valence-corrected chi connectivity index (χ1v) is 5.70. The summed E-state index contributed by atoms with van der Waals surface area (Å²) in [6, 6.07) is 3.31. The van der Waals surface area contributed by atoms with Crippen LogP contribution in [-0.4, -0.2) is 30.1 Å². The number of carbonyl (C=O) groups is 2.